The Balaban J connectivity index is 1.77. The Labute approximate surface area is 147 Å². The summed E-state index contributed by atoms with van der Waals surface area (Å²) in [5, 5.41) is 12.6. The number of hydrogen-bond donors (Lipinski definition) is 1. The van der Waals surface area contributed by atoms with E-state index in [0.717, 1.165) is 18.8 Å². The van der Waals surface area contributed by atoms with Gasteiger partial charge in [-0.1, -0.05) is 20.8 Å². The molecule has 134 valence electrons. The quantitative estimate of drug-likeness (QED) is 0.892. The predicted octanol–water partition coefficient (Wildman–Crippen LogP) is 2.92. The van der Waals surface area contributed by atoms with Crippen molar-refractivity contribution in [3.63, 3.8) is 0 Å². The molecule has 1 aliphatic heterocycles. The average molecular weight is 344 g/mol. The van der Waals surface area contributed by atoms with Crippen LogP contribution in [0.4, 0.5) is 5.88 Å². The maximum Gasteiger partial charge on any atom is 0.232 e. The molecule has 0 aliphatic carbocycles. The van der Waals surface area contributed by atoms with Gasteiger partial charge in [0.15, 0.2) is 0 Å². The van der Waals surface area contributed by atoms with Crippen LogP contribution < -0.4 is 5.32 Å². The lowest BCUT2D eigenvalue weighted by atomic mass is 9.97. The highest BCUT2D eigenvalue weighted by Crippen LogP contribution is 2.28. The molecule has 7 heteroatoms. The molecule has 1 N–H and O–H groups in total. The van der Waals surface area contributed by atoms with Gasteiger partial charge in [-0.2, -0.15) is 10.2 Å². The SMILES string of the molecule is CC(C)(C)c1nc(C#N)c(NC[C@H](c2ccco2)N2CCOCC2)o1. The Morgan fingerprint density at radius 1 is 1.36 bits per heavy atom. The van der Waals surface area contributed by atoms with Crippen LogP contribution in [0.5, 0.6) is 0 Å². The summed E-state index contributed by atoms with van der Waals surface area (Å²) in [7, 11) is 0. The van der Waals surface area contributed by atoms with Gasteiger partial charge < -0.3 is 18.9 Å². The molecular weight excluding hydrogens is 320 g/mol. The Kier molecular flexibility index (Phi) is 5.11. The van der Waals surface area contributed by atoms with Crippen molar-refractivity contribution in [3.05, 3.63) is 35.7 Å². The van der Waals surface area contributed by atoms with Crippen molar-refractivity contribution < 1.29 is 13.6 Å². The van der Waals surface area contributed by atoms with Crippen molar-refractivity contribution in [2.24, 2.45) is 0 Å². The predicted molar refractivity (Wildman–Crippen MR) is 92.2 cm³/mol. The molecule has 2 aromatic heterocycles. The second kappa shape index (κ2) is 7.30. The maximum atomic E-state index is 9.34. The molecule has 1 atom stereocenters. The van der Waals surface area contributed by atoms with Crippen LogP contribution in [0, 0.1) is 11.3 Å². The van der Waals surface area contributed by atoms with E-state index in [4.69, 9.17) is 13.6 Å². The molecule has 1 saturated heterocycles. The zero-order chi connectivity index (χ0) is 17.9. The van der Waals surface area contributed by atoms with Gasteiger partial charge in [0.05, 0.1) is 25.5 Å². The number of nitriles is 1. The summed E-state index contributed by atoms with van der Waals surface area (Å²) >= 11 is 0. The Morgan fingerprint density at radius 2 is 2.12 bits per heavy atom. The van der Waals surface area contributed by atoms with E-state index >= 15 is 0 Å². The highest BCUT2D eigenvalue weighted by Gasteiger charge is 2.27. The topological polar surface area (TPSA) is 87.5 Å². The molecule has 1 aliphatic rings. The summed E-state index contributed by atoms with van der Waals surface area (Å²) in [6, 6.07) is 5.99. The van der Waals surface area contributed by atoms with E-state index in [1.807, 2.05) is 32.9 Å². The molecule has 3 heterocycles. The van der Waals surface area contributed by atoms with Gasteiger partial charge in [-0.3, -0.25) is 4.90 Å². The number of nitrogens with one attached hydrogen (secondary N) is 1. The Bertz CT molecular complexity index is 719. The number of oxazole rings is 1. The number of rotatable bonds is 5. The van der Waals surface area contributed by atoms with Crippen LogP contribution in [0.2, 0.25) is 0 Å². The molecule has 0 unspecified atom stereocenters. The van der Waals surface area contributed by atoms with E-state index in [2.05, 4.69) is 21.3 Å². The van der Waals surface area contributed by atoms with Gasteiger partial charge >= 0.3 is 0 Å². The van der Waals surface area contributed by atoms with E-state index < -0.39 is 0 Å². The molecule has 1 fully saturated rings. The zero-order valence-electron chi connectivity index (χ0n) is 14.9. The normalized spacial score (nSPS) is 17.2. The lowest BCUT2D eigenvalue weighted by molar-refractivity contribution is 0.0144. The van der Waals surface area contributed by atoms with Gasteiger partial charge in [0.1, 0.15) is 11.8 Å². The highest BCUT2D eigenvalue weighted by molar-refractivity contribution is 5.46. The molecule has 0 amide bonds. The maximum absolute atomic E-state index is 9.34. The summed E-state index contributed by atoms with van der Waals surface area (Å²) in [4.78, 5) is 6.61. The molecule has 0 saturated carbocycles. The molecule has 0 aromatic carbocycles. The van der Waals surface area contributed by atoms with Gasteiger partial charge in [0.2, 0.25) is 17.5 Å². The number of anilines is 1. The second-order valence-electron chi connectivity index (χ2n) is 7.12. The number of hydrogen-bond acceptors (Lipinski definition) is 7. The first-order valence-corrected chi connectivity index (χ1v) is 8.49. The van der Waals surface area contributed by atoms with E-state index in [1.54, 1.807) is 6.26 Å². The first-order chi connectivity index (χ1) is 12.0. The number of ether oxygens (including phenoxy) is 1. The molecule has 25 heavy (non-hydrogen) atoms. The molecule has 7 nitrogen and oxygen atoms in total. The van der Waals surface area contributed by atoms with Crippen LogP contribution in [-0.4, -0.2) is 42.7 Å². The van der Waals surface area contributed by atoms with Gasteiger partial charge in [0, 0.05) is 25.0 Å². The fourth-order valence-corrected chi connectivity index (χ4v) is 2.81. The fourth-order valence-electron chi connectivity index (χ4n) is 2.81. The van der Waals surface area contributed by atoms with Crippen molar-refractivity contribution in [1.82, 2.24) is 9.88 Å². The monoisotopic (exact) mass is 344 g/mol. The number of furan rings is 1. The molecular formula is C18H24N4O3. The van der Waals surface area contributed by atoms with Gasteiger partial charge in [-0.15, -0.1) is 0 Å². The van der Waals surface area contributed by atoms with Crippen molar-refractivity contribution in [2.75, 3.05) is 38.2 Å². The lowest BCUT2D eigenvalue weighted by Crippen LogP contribution is -2.41. The van der Waals surface area contributed by atoms with Crippen LogP contribution in [0.25, 0.3) is 0 Å². The van der Waals surface area contributed by atoms with E-state index in [9.17, 15) is 5.26 Å². The third kappa shape index (κ3) is 4.03. The minimum Gasteiger partial charge on any atom is -0.468 e. The first-order valence-electron chi connectivity index (χ1n) is 8.49. The minimum atomic E-state index is -0.254. The molecule has 0 radical (unpaired) electrons. The fraction of sp³-hybridized carbons (Fsp3) is 0.556. The van der Waals surface area contributed by atoms with Crippen molar-refractivity contribution in [3.8, 4) is 6.07 Å². The lowest BCUT2D eigenvalue weighted by Gasteiger charge is -2.33. The van der Waals surface area contributed by atoms with Crippen LogP contribution in [0.15, 0.2) is 27.2 Å². The zero-order valence-corrected chi connectivity index (χ0v) is 14.9. The summed E-state index contributed by atoms with van der Waals surface area (Å²) in [5.41, 5.74) is 0.0287. The van der Waals surface area contributed by atoms with Gasteiger partial charge in [-0.25, -0.2) is 0 Å². The van der Waals surface area contributed by atoms with Crippen LogP contribution in [-0.2, 0) is 10.2 Å². The van der Waals surface area contributed by atoms with E-state index in [0.29, 0.717) is 31.5 Å². The summed E-state index contributed by atoms with van der Waals surface area (Å²) < 4.78 is 16.9. The van der Waals surface area contributed by atoms with Crippen molar-refractivity contribution in [2.45, 2.75) is 32.2 Å². The summed E-state index contributed by atoms with van der Waals surface area (Å²) in [5.74, 6) is 1.84. The minimum absolute atomic E-state index is 0.0358. The second-order valence-corrected chi connectivity index (χ2v) is 7.12. The molecule has 0 spiro atoms. The number of aromatic nitrogens is 1. The summed E-state index contributed by atoms with van der Waals surface area (Å²) in [6.45, 7) is 9.65. The smallest absolute Gasteiger partial charge is 0.232 e. The molecule has 0 bridgehead atoms. The standard InChI is InChI=1S/C18H24N4O3/c1-18(2,3)17-21-13(11-19)16(25-17)20-12-14(15-5-4-8-24-15)22-6-9-23-10-7-22/h4-5,8,14,20H,6-7,9-10,12H2,1-3H3/t14-/m1/s1. The van der Waals surface area contributed by atoms with Crippen LogP contribution in [0.3, 0.4) is 0 Å². The van der Waals surface area contributed by atoms with Crippen molar-refractivity contribution in [1.29, 1.82) is 5.26 Å². The van der Waals surface area contributed by atoms with E-state index in [-0.39, 0.29) is 17.2 Å². The first kappa shape index (κ1) is 17.5. The van der Waals surface area contributed by atoms with Gasteiger partial charge in [0.25, 0.3) is 0 Å². The third-order valence-corrected chi connectivity index (χ3v) is 4.19. The van der Waals surface area contributed by atoms with Crippen molar-refractivity contribution >= 4 is 5.88 Å². The molecule has 2 aromatic rings. The van der Waals surface area contributed by atoms with Crippen LogP contribution in [0.1, 0.15) is 44.2 Å². The van der Waals surface area contributed by atoms with Crippen LogP contribution >= 0.6 is 0 Å². The largest absolute Gasteiger partial charge is 0.468 e. The Morgan fingerprint density at radius 3 is 2.72 bits per heavy atom. The van der Waals surface area contributed by atoms with E-state index in [1.165, 1.54) is 0 Å². The number of nitrogens with zero attached hydrogens (tertiary/aromatic N) is 3. The average Bonchev–Trinajstić information content (AvgIpc) is 3.25. The molecule has 3 rings (SSSR count). The van der Waals surface area contributed by atoms with Gasteiger partial charge in [-0.05, 0) is 12.1 Å². The Hall–Kier alpha value is -2.30. The number of morpholine rings is 1. The highest BCUT2D eigenvalue weighted by atomic mass is 16.5. The summed E-state index contributed by atoms with van der Waals surface area (Å²) in [6.07, 6.45) is 1.68. The third-order valence-electron chi connectivity index (χ3n) is 4.19.